The first-order valence-electron chi connectivity index (χ1n) is 5.45. The molecule has 90 valence electrons. The van der Waals surface area contributed by atoms with Crippen molar-refractivity contribution < 1.29 is 4.74 Å². The Bertz CT molecular complexity index is 290. The first-order valence-corrected chi connectivity index (χ1v) is 5.83. The summed E-state index contributed by atoms with van der Waals surface area (Å²) < 4.78 is 5.02. The molecule has 0 amide bonds. The number of hydrogen-bond acceptors (Lipinski definition) is 3. The minimum atomic E-state index is 0.288. The fourth-order valence-electron chi connectivity index (χ4n) is 1.62. The predicted molar refractivity (Wildman–Crippen MR) is 67.4 cm³/mol. The minimum Gasteiger partial charge on any atom is -0.385 e. The van der Waals surface area contributed by atoms with Crippen molar-refractivity contribution in [3.8, 4) is 0 Å². The van der Waals surface area contributed by atoms with Gasteiger partial charge in [-0.25, -0.2) is 0 Å². The van der Waals surface area contributed by atoms with Gasteiger partial charge in [-0.2, -0.15) is 0 Å². The maximum absolute atomic E-state index is 5.83. The molecule has 3 nitrogen and oxygen atoms in total. The van der Waals surface area contributed by atoms with Crippen molar-refractivity contribution in [2.75, 3.05) is 13.7 Å². The molecule has 0 heterocycles. The zero-order valence-corrected chi connectivity index (χ0v) is 10.3. The summed E-state index contributed by atoms with van der Waals surface area (Å²) in [6.07, 6.45) is 2.93. The van der Waals surface area contributed by atoms with Gasteiger partial charge in [0, 0.05) is 24.8 Å². The van der Waals surface area contributed by atoms with E-state index in [9.17, 15) is 0 Å². The second-order valence-electron chi connectivity index (χ2n) is 3.83. The lowest BCUT2D eigenvalue weighted by atomic mass is 10.0. The normalized spacial score (nSPS) is 12.7. The Balaban J connectivity index is 2.40. The largest absolute Gasteiger partial charge is 0.385 e. The highest BCUT2D eigenvalue weighted by Crippen LogP contribution is 2.12. The van der Waals surface area contributed by atoms with E-state index >= 15 is 0 Å². The van der Waals surface area contributed by atoms with Gasteiger partial charge in [-0.1, -0.05) is 23.7 Å². The topological polar surface area (TPSA) is 47.3 Å². The second-order valence-corrected chi connectivity index (χ2v) is 4.27. The number of methoxy groups -OCH3 is 1. The van der Waals surface area contributed by atoms with E-state index in [4.69, 9.17) is 22.2 Å². The number of hydrogen-bond donors (Lipinski definition) is 2. The van der Waals surface area contributed by atoms with Crippen LogP contribution in [0.2, 0.25) is 5.02 Å². The molecule has 1 rings (SSSR count). The van der Waals surface area contributed by atoms with E-state index in [1.54, 1.807) is 7.11 Å². The van der Waals surface area contributed by atoms with Crippen LogP contribution in [0, 0.1) is 0 Å². The van der Waals surface area contributed by atoms with Crippen molar-refractivity contribution in [2.45, 2.75) is 25.3 Å². The van der Waals surface area contributed by atoms with Crippen molar-refractivity contribution in [3.05, 3.63) is 34.9 Å². The van der Waals surface area contributed by atoms with Crippen LogP contribution in [0.1, 0.15) is 18.4 Å². The van der Waals surface area contributed by atoms with E-state index in [0.717, 1.165) is 30.9 Å². The van der Waals surface area contributed by atoms with Crippen LogP contribution in [0.5, 0.6) is 0 Å². The Morgan fingerprint density at radius 3 is 2.62 bits per heavy atom. The Morgan fingerprint density at radius 2 is 2.06 bits per heavy atom. The summed E-state index contributed by atoms with van der Waals surface area (Å²) in [6, 6.07) is 8.15. The molecule has 1 unspecified atom stereocenters. The molecule has 16 heavy (non-hydrogen) atoms. The van der Waals surface area contributed by atoms with Crippen molar-refractivity contribution in [3.63, 3.8) is 0 Å². The molecule has 1 aromatic carbocycles. The quantitative estimate of drug-likeness (QED) is 0.438. The number of nitrogens with two attached hydrogens (primary N) is 1. The Morgan fingerprint density at radius 1 is 1.38 bits per heavy atom. The van der Waals surface area contributed by atoms with Crippen LogP contribution in [0.25, 0.3) is 0 Å². The van der Waals surface area contributed by atoms with Crippen LogP contribution in [-0.4, -0.2) is 19.8 Å². The number of hydrazine groups is 1. The van der Waals surface area contributed by atoms with Crippen LogP contribution < -0.4 is 11.3 Å². The van der Waals surface area contributed by atoms with Gasteiger partial charge in [0.2, 0.25) is 0 Å². The Labute approximate surface area is 102 Å². The molecule has 0 aliphatic heterocycles. The lowest BCUT2D eigenvalue weighted by Crippen LogP contribution is -2.36. The average molecular weight is 243 g/mol. The molecule has 1 atom stereocenters. The second kappa shape index (κ2) is 7.63. The van der Waals surface area contributed by atoms with Crippen LogP contribution in [0.3, 0.4) is 0 Å². The van der Waals surface area contributed by atoms with Gasteiger partial charge in [-0.15, -0.1) is 0 Å². The maximum Gasteiger partial charge on any atom is 0.0462 e. The van der Waals surface area contributed by atoms with Crippen molar-refractivity contribution in [2.24, 2.45) is 5.84 Å². The van der Waals surface area contributed by atoms with Gasteiger partial charge in [-0.3, -0.25) is 11.3 Å². The van der Waals surface area contributed by atoms with Gasteiger partial charge in [0.1, 0.15) is 0 Å². The fraction of sp³-hybridized carbons (Fsp3) is 0.500. The van der Waals surface area contributed by atoms with Gasteiger partial charge in [-0.05, 0) is 37.0 Å². The highest BCUT2D eigenvalue weighted by Gasteiger charge is 2.07. The third kappa shape index (κ3) is 4.94. The lowest BCUT2D eigenvalue weighted by Gasteiger charge is -2.15. The molecule has 0 spiro atoms. The summed E-state index contributed by atoms with van der Waals surface area (Å²) in [5.74, 6) is 5.52. The molecule has 0 fully saturated rings. The number of halogens is 1. The summed E-state index contributed by atoms with van der Waals surface area (Å²) in [4.78, 5) is 0. The number of ether oxygens (including phenoxy) is 1. The van der Waals surface area contributed by atoms with Gasteiger partial charge in [0.15, 0.2) is 0 Å². The molecule has 0 aromatic heterocycles. The molecule has 0 radical (unpaired) electrons. The third-order valence-corrected chi connectivity index (χ3v) is 2.78. The molecule has 0 aliphatic rings. The van der Waals surface area contributed by atoms with E-state index in [0.29, 0.717) is 0 Å². The molecular formula is C12H19ClN2O. The molecule has 0 aliphatic carbocycles. The molecule has 1 aromatic rings. The zero-order chi connectivity index (χ0) is 11.8. The first kappa shape index (κ1) is 13.5. The monoisotopic (exact) mass is 242 g/mol. The minimum absolute atomic E-state index is 0.288. The summed E-state index contributed by atoms with van der Waals surface area (Å²) in [6.45, 7) is 0.777. The van der Waals surface area contributed by atoms with Crippen LogP contribution in [-0.2, 0) is 11.2 Å². The molecule has 3 N–H and O–H groups in total. The van der Waals surface area contributed by atoms with Crippen molar-refractivity contribution in [1.29, 1.82) is 0 Å². The Kier molecular flexibility index (Phi) is 6.42. The fourth-order valence-corrected chi connectivity index (χ4v) is 1.75. The number of benzene rings is 1. The molecule has 0 saturated carbocycles. The molecule has 0 saturated heterocycles. The van der Waals surface area contributed by atoms with Crippen LogP contribution in [0.4, 0.5) is 0 Å². The summed E-state index contributed by atoms with van der Waals surface area (Å²) in [5.41, 5.74) is 4.08. The van der Waals surface area contributed by atoms with Crippen LogP contribution in [0.15, 0.2) is 24.3 Å². The van der Waals surface area contributed by atoms with E-state index in [1.165, 1.54) is 5.56 Å². The van der Waals surface area contributed by atoms with Crippen LogP contribution >= 0.6 is 11.6 Å². The summed E-state index contributed by atoms with van der Waals surface area (Å²) >= 11 is 5.83. The third-order valence-electron chi connectivity index (χ3n) is 2.53. The highest BCUT2D eigenvalue weighted by atomic mass is 35.5. The molecule has 4 heteroatoms. The van der Waals surface area contributed by atoms with Gasteiger partial charge in [0.25, 0.3) is 0 Å². The van der Waals surface area contributed by atoms with E-state index in [2.05, 4.69) is 5.43 Å². The molecule has 0 bridgehead atoms. The van der Waals surface area contributed by atoms with E-state index in [-0.39, 0.29) is 6.04 Å². The van der Waals surface area contributed by atoms with Gasteiger partial charge < -0.3 is 4.74 Å². The van der Waals surface area contributed by atoms with E-state index < -0.39 is 0 Å². The SMILES string of the molecule is COCCCC(Cc1ccc(Cl)cc1)NN. The molecular weight excluding hydrogens is 224 g/mol. The average Bonchev–Trinajstić information content (AvgIpc) is 2.31. The number of rotatable bonds is 7. The van der Waals surface area contributed by atoms with Gasteiger partial charge >= 0.3 is 0 Å². The lowest BCUT2D eigenvalue weighted by molar-refractivity contribution is 0.188. The standard InChI is InChI=1S/C12H19ClN2O/c1-16-8-2-3-12(15-14)9-10-4-6-11(13)7-5-10/h4-7,12,15H,2-3,8-9,14H2,1H3. The summed E-state index contributed by atoms with van der Waals surface area (Å²) in [5, 5.41) is 0.764. The Hall–Kier alpha value is -0.610. The van der Waals surface area contributed by atoms with Gasteiger partial charge in [0.05, 0.1) is 0 Å². The predicted octanol–water partition coefficient (Wildman–Crippen LogP) is 2.14. The first-order chi connectivity index (χ1) is 7.76. The number of nitrogens with one attached hydrogen (secondary N) is 1. The highest BCUT2D eigenvalue weighted by molar-refractivity contribution is 6.30. The summed E-state index contributed by atoms with van der Waals surface area (Å²) in [7, 11) is 1.71. The smallest absolute Gasteiger partial charge is 0.0462 e. The van der Waals surface area contributed by atoms with Crippen molar-refractivity contribution in [1.82, 2.24) is 5.43 Å². The van der Waals surface area contributed by atoms with Crippen molar-refractivity contribution >= 4 is 11.6 Å². The zero-order valence-electron chi connectivity index (χ0n) is 9.58. The van der Waals surface area contributed by atoms with E-state index in [1.807, 2.05) is 24.3 Å². The maximum atomic E-state index is 5.83.